The fourth-order valence-electron chi connectivity index (χ4n) is 3.08. The van der Waals surface area contributed by atoms with E-state index < -0.39 is 0 Å². The summed E-state index contributed by atoms with van der Waals surface area (Å²) >= 11 is 0. The number of H-pyrrole nitrogens is 2. The van der Waals surface area contributed by atoms with E-state index in [9.17, 15) is 0 Å². The number of aromatic amines is 2. The van der Waals surface area contributed by atoms with Crippen LogP contribution in [-0.2, 0) is 0 Å². The molecule has 0 aliphatic rings. The molecule has 1 aromatic carbocycles. The van der Waals surface area contributed by atoms with Crippen molar-refractivity contribution in [2.45, 2.75) is 0 Å². The molecule has 120 valence electrons. The number of furan rings is 1. The summed E-state index contributed by atoms with van der Waals surface area (Å²) in [6.45, 7) is 0. The standard InChI is InChI=1S/C20H14N4O/c1-2-8-21-17(5-1)19-11-20(24-23-19)18-10-15-14(13-7-9-25-12-13)4-3-6-16(15)22-18/h1-12,22H,(H,23,24). The van der Waals surface area contributed by atoms with Crippen LogP contribution in [0, 0.1) is 0 Å². The monoisotopic (exact) mass is 326 g/mol. The number of fused-ring (bicyclic) bond motifs is 1. The lowest BCUT2D eigenvalue weighted by molar-refractivity contribution is 0.568. The zero-order chi connectivity index (χ0) is 16.6. The van der Waals surface area contributed by atoms with Crippen LogP contribution in [0.3, 0.4) is 0 Å². The van der Waals surface area contributed by atoms with Crippen LogP contribution >= 0.6 is 0 Å². The molecule has 4 heterocycles. The first kappa shape index (κ1) is 13.8. The van der Waals surface area contributed by atoms with Crippen molar-refractivity contribution in [2.75, 3.05) is 0 Å². The maximum Gasteiger partial charge on any atom is 0.109 e. The minimum absolute atomic E-state index is 0.856. The van der Waals surface area contributed by atoms with Gasteiger partial charge in [-0.15, -0.1) is 0 Å². The minimum atomic E-state index is 0.856. The van der Waals surface area contributed by atoms with Crippen LogP contribution in [0.4, 0.5) is 0 Å². The molecular formula is C20H14N4O. The molecule has 0 aliphatic carbocycles. The Labute approximate surface area is 143 Å². The fraction of sp³-hybridized carbons (Fsp3) is 0. The van der Waals surface area contributed by atoms with Gasteiger partial charge in [0, 0.05) is 22.7 Å². The lowest BCUT2D eigenvalue weighted by atomic mass is 10.0. The number of benzene rings is 1. The first-order valence-electron chi connectivity index (χ1n) is 8.00. The van der Waals surface area contributed by atoms with E-state index in [0.717, 1.165) is 44.8 Å². The normalized spacial score (nSPS) is 11.2. The van der Waals surface area contributed by atoms with Gasteiger partial charge in [0.1, 0.15) is 5.69 Å². The lowest BCUT2D eigenvalue weighted by Crippen LogP contribution is -1.80. The average Bonchev–Trinajstić information content (AvgIpc) is 3.41. The Bertz CT molecular complexity index is 1140. The van der Waals surface area contributed by atoms with E-state index in [0.29, 0.717) is 0 Å². The Morgan fingerprint density at radius 3 is 2.72 bits per heavy atom. The van der Waals surface area contributed by atoms with Crippen molar-refractivity contribution in [2.24, 2.45) is 0 Å². The Hall–Kier alpha value is -3.60. The molecule has 4 aromatic heterocycles. The van der Waals surface area contributed by atoms with E-state index in [4.69, 9.17) is 4.42 Å². The Kier molecular flexibility index (Phi) is 3.03. The van der Waals surface area contributed by atoms with Crippen molar-refractivity contribution in [3.8, 4) is 33.9 Å². The molecule has 0 radical (unpaired) electrons. The fourth-order valence-corrected chi connectivity index (χ4v) is 3.08. The Balaban J connectivity index is 1.60. The van der Waals surface area contributed by atoms with E-state index in [1.165, 1.54) is 0 Å². The minimum Gasteiger partial charge on any atom is -0.472 e. The van der Waals surface area contributed by atoms with Gasteiger partial charge in [-0.1, -0.05) is 18.2 Å². The molecule has 5 nitrogen and oxygen atoms in total. The highest BCUT2D eigenvalue weighted by molar-refractivity contribution is 5.97. The molecule has 0 amide bonds. The number of aromatic nitrogens is 4. The molecule has 5 heteroatoms. The molecule has 0 fully saturated rings. The number of rotatable bonds is 3. The molecule has 2 N–H and O–H groups in total. The molecule has 5 rings (SSSR count). The quantitative estimate of drug-likeness (QED) is 0.496. The Morgan fingerprint density at radius 2 is 1.88 bits per heavy atom. The van der Waals surface area contributed by atoms with E-state index in [1.807, 2.05) is 36.4 Å². The van der Waals surface area contributed by atoms with Crippen molar-refractivity contribution in [3.63, 3.8) is 0 Å². The summed E-state index contributed by atoms with van der Waals surface area (Å²) in [6.07, 6.45) is 5.22. The van der Waals surface area contributed by atoms with E-state index >= 15 is 0 Å². The van der Waals surface area contributed by atoms with E-state index in [2.05, 4.69) is 38.4 Å². The summed E-state index contributed by atoms with van der Waals surface area (Å²) in [6, 6.07) is 18.1. The predicted molar refractivity (Wildman–Crippen MR) is 96.8 cm³/mol. The summed E-state index contributed by atoms with van der Waals surface area (Å²) in [5.41, 5.74) is 6.85. The molecule has 0 atom stereocenters. The lowest BCUT2D eigenvalue weighted by Gasteiger charge is -1.98. The number of pyridine rings is 1. The summed E-state index contributed by atoms with van der Waals surface area (Å²) < 4.78 is 5.23. The van der Waals surface area contributed by atoms with Crippen LogP contribution in [0.5, 0.6) is 0 Å². The third kappa shape index (κ3) is 2.33. The van der Waals surface area contributed by atoms with Gasteiger partial charge in [-0.3, -0.25) is 10.1 Å². The number of hydrogen-bond acceptors (Lipinski definition) is 3. The molecule has 0 saturated heterocycles. The topological polar surface area (TPSA) is 70.5 Å². The number of nitrogens with one attached hydrogen (secondary N) is 2. The van der Waals surface area contributed by atoms with Gasteiger partial charge < -0.3 is 9.40 Å². The van der Waals surface area contributed by atoms with E-state index in [1.54, 1.807) is 18.7 Å². The first-order chi connectivity index (χ1) is 12.4. The largest absolute Gasteiger partial charge is 0.472 e. The molecule has 0 saturated carbocycles. The van der Waals surface area contributed by atoms with Gasteiger partial charge in [0.15, 0.2) is 0 Å². The van der Waals surface area contributed by atoms with Gasteiger partial charge in [-0.05, 0) is 42.0 Å². The molecule has 5 aromatic rings. The summed E-state index contributed by atoms with van der Waals surface area (Å²) in [5, 5.41) is 8.64. The first-order valence-corrected chi connectivity index (χ1v) is 8.00. The summed E-state index contributed by atoms with van der Waals surface area (Å²) in [4.78, 5) is 7.80. The van der Waals surface area contributed by atoms with Crippen LogP contribution < -0.4 is 0 Å². The molecular weight excluding hydrogens is 312 g/mol. The number of nitrogens with zero attached hydrogens (tertiary/aromatic N) is 2. The second-order valence-electron chi connectivity index (χ2n) is 5.84. The maximum absolute atomic E-state index is 5.23. The highest BCUT2D eigenvalue weighted by Gasteiger charge is 2.12. The van der Waals surface area contributed by atoms with Crippen LogP contribution in [0.25, 0.3) is 44.8 Å². The van der Waals surface area contributed by atoms with E-state index in [-0.39, 0.29) is 0 Å². The summed E-state index contributed by atoms with van der Waals surface area (Å²) in [7, 11) is 0. The van der Waals surface area contributed by atoms with Crippen LogP contribution in [-0.4, -0.2) is 20.2 Å². The van der Waals surface area contributed by atoms with Crippen molar-refractivity contribution in [1.29, 1.82) is 0 Å². The third-order valence-corrected chi connectivity index (χ3v) is 4.29. The second-order valence-corrected chi connectivity index (χ2v) is 5.84. The predicted octanol–water partition coefficient (Wildman–Crippen LogP) is 4.88. The van der Waals surface area contributed by atoms with Crippen molar-refractivity contribution >= 4 is 10.9 Å². The third-order valence-electron chi connectivity index (χ3n) is 4.29. The van der Waals surface area contributed by atoms with Crippen LogP contribution in [0.15, 0.2) is 77.7 Å². The molecule has 0 spiro atoms. The highest BCUT2D eigenvalue weighted by Crippen LogP contribution is 2.32. The van der Waals surface area contributed by atoms with Gasteiger partial charge in [-0.2, -0.15) is 5.10 Å². The Morgan fingerprint density at radius 1 is 0.880 bits per heavy atom. The van der Waals surface area contributed by atoms with Gasteiger partial charge >= 0.3 is 0 Å². The smallest absolute Gasteiger partial charge is 0.109 e. The van der Waals surface area contributed by atoms with Crippen LogP contribution in [0.1, 0.15) is 0 Å². The van der Waals surface area contributed by atoms with Gasteiger partial charge in [0.25, 0.3) is 0 Å². The molecule has 0 bridgehead atoms. The SMILES string of the molecule is c1ccc(-c2cc(-c3cc4c(-c5ccoc5)cccc4[nH]3)n[nH]2)nc1. The van der Waals surface area contributed by atoms with Gasteiger partial charge in [0.2, 0.25) is 0 Å². The molecule has 25 heavy (non-hydrogen) atoms. The zero-order valence-electron chi connectivity index (χ0n) is 13.2. The van der Waals surface area contributed by atoms with Gasteiger partial charge in [-0.25, -0.2) is 0 Å². The highest BCUT2D eigenvalue weighted by atomic mass is 16.3. The van der Waals surface area contributed by atoms with Crippen LogP contribution in [0.2, 0.25) is 0 Å². The molecule has 0 unspecified atom stereocenters. The van der Waals surface area contributed by atoms with Crippen molar-refractivity contribution < 1.29 is 4.42 Å². The number of hydrogen-bond donors (Lipinski definition) is 2. The average molecular weight is 326 g/mol. The van der Waals surface area contributed by atoms with Crippen molar-refractivity contribution in [3.05, 3.63) is 73.3 Å². The maximum atomic E-state index is 5.23. The van der Waals surface area contributed by atoms with Gasteiger partial charge in [0.05, 0.1) is 29.6 Å². The second kappa shape index (κ2) is 5.49. The summed E-state index contributed by atoms with van der Waals surface area (Å²) in [5.74, 6) is 0. The van der Waals surface area contributed by atoms with Crippen molar-refractivity contribution in [1.82, 2.24) is 20.2 Å². The zero-order valence-corrected chi connectivity index (χ0v) is 13.2. The molecule has 0 aliphatic heterocycles.